The van der Waals surface area contributed by atoms with Crippen LogP contribution in [0.15, 0.2) is 42.1 Å². The molecule has 3 aromatic rings. The lowest BCUT2D eigenvalue weighted by Crippen LogP contribution is -2.40. The van der Waals surface area contributed by atoms with Gasteiger partial charge in [-0.3, -0.25) is 9.20 Å². The van der Waals surface area contributed by atoms with Gasteiger partial charge in [0, 0.05) is 37.5 Å². The van der Waals surface area contributed by atoms with E-state index in [9.17, 15) is 9.59 Å². The molecule has 35 heavy (non-hydrogen) atoms. The molecule has 7 nitrogen and oxygen atoms in total. The fourth-order valence-electron chi connectivity index (χ4n) is 4.36. The summed E-state index contributed by atoms with van der Waals surface area (Å²) >= 11 is 0. The SMILES string of the molecule is CNC(=O)c1ccc(-c2nc3cc(C)ccn3c2C=C2CCN(C(=O)OC(C)(C)C)CC2)c(C)c1. The van der Waals surface area contributed by atoms with E-state index in [1.165, 1.54) is 5.57 Å². The van der Waals surface area contributed by atoms with Gasteiger partial charge in [-0.25, -0.2) is 9.78 Å². The Morgan fingerprint density at radius 1 is 1.09 bits per heavy atom. The van der Waals surface area contributed by atoms with Crippen LogP contribution in [0.4, 0.5) is 4.79 Å². The van der Waals surface area contributed by atoms with E-state index < -0.39 is 5.60 Å². The van der Waals surface area contributed by atoms with Crippen LogP contribution in [-0.4, -0.2) is 52.0 Å². The summed E-state index contributed by atoms with van der Waals surface area (Å²) in [4.78, 5) is 31.3. The topological polar surface area (TPSA) is 75.9 Å². The summed E-state index contributed by atoms with van der Waals surface area (Å²) in [5.74, 6) is -0.107. The molecule has 1 aliphatic heterocycles. The number of nitrogens with one attached hydrogen (secondary N) is 1. The van der Waals surface area contributed by atoms with Crippen LogP contribution < -0.4 is 5.32 Å². The van der Waals surface area contributed by atoms with Crippen LogP contribution >= 0.6 is 0 Å². The van der Waals surface area contributed by atoms with Crippen molar-refractivity contribution in [3.63, 3.8) is 0 Å². The molecular formula is C28H34N4O3. The van der Waals surface area contributed by atoms with Gasteiger partial charge < -0.3 is 15.0 Å². The first-order chi connectivity index (χ1) is 16.6. The Hall–Kier alpha value is -3.61. The lowest BCUT2D eigenvalue weighted by atomic mass is 9.98. The second-order valence-electron chi connectivity index (χ2n) is 10.2. The number of fused-ring (bicyclic) bond motifs is 1. The number of benzene rings is 1. The zero-order valence-corrected chi connectivity index (χ0v) is 21.4. The quantitative estimate of drug-likeness (QED) is 0.552. The first-order valence-electron chi connectivity index (χ1n) is 12.0. The van der Waals surface area contributed by atoms with Gasteiger partial charge in [0.05, 0.1) is 11.4 Å². The molecule has 1 aromatic carbocycles. The van der Waals surface area contributed by atoms with E-state index in [1.807, 2.05) is 45.9 Å². The minimum atomic E-state index is -0.498. The molecule has 0 bridgehead atoms. The van der Waals surface area contributed by atoms with Gasteiger partial charge in [0.2, 0.25) is 0 Å². The Balaban J connectivity index is 1.68. The van der Waals surface area contributed by atoms with Crippen LogP contribution in [0, 0.1) is 13.8 Å². The maximum atomic E-state index is 12.5. The average molecular weight is 475 g/mol. The number of ether oxygens (including phenoxy) is 1. The van der Waals surface area contributed by atoms with E-state index >= 15 is 0 Å². The third kappa shape index (κ3) is 5.39. The molecule has 2 aromatic heterocycles. The van der Waals surface area contributed by atoms with Gasteiger partial charge in [-0.05, 0) is 88.9 Å². The van der Waals surface area contributed by atoms with E-state index in [-0.39, 0.29) is 12.0 Å². The van der Waals surface area contributed by atoms with Crippen LogP contribution in [0.3, 0.4) is 0 Å². The van der Waals surface area contributed by atoms with Crippen LogP contribution in [0.25, 0.3) is 23.0 Å². The molecule has 184 valence electrons. The lowest BCUT2D eigenvalue weighted by molar-refractivity contribution is 0.0236. The first kappa shape index (κ1) is 24.5. The van der Waals surface area contributed by atoms with Crippen molar-refractivity contribution in [2.75, 3.05) is 20.1 Å². The number of nitrogens with zero attached hydrogens (tertiary/aromatic N) is 3. The molecule has 0 atom stereocenters. The van der Waals surface area contributed by atoms with Crippen molar-refractivity contribution in [2.45, 2.75) is 53.1 Å². The largest absolute Gasteiger partial charge is 0.444 e. The molecule has 2 amide bonds. The molecule has 0 radical (unpaired) electrons. The van der Waals surface area contributed by atoms with E-state index in [0.29, 0.717) is 18.7 Å². The van der Waals surface area contributed by atoms with E-state index in [1.54, 1.807) is 11.9 Å². The predicted octanol–water partition coefficient (Wildman–Crippen LogP) is 5.39. The Labute approximate surface area is 206 Å². The number of piperidine rings is 1. The van der Waals surface area contributed by atoms with Crippen molar-refractivity contribution in [3.8, 4) is 11.3 Å². The molecule has 0 aliphatic carbocycles. The molecular weight excluding hydrogens is 440 g/mol. The van der Waals surface area contributed by atoms with Gasteiger partial charge in [-0.2, -0.15) is 0 Å². The minimum absolute atomic E-state index is 0.107. The number of amides is 2. The highest BCUT2D eigenvalue weighted by molar-refractivity contribution is 5.95. The second-order valence-corrected chi connectivity index (χ2v) is 10.2. The number of likely N-dealkylation sites (tertiary alicyclic amines) is 1. The first-order valence-corrected chi connectivity index (χ1v) is 12.0. The maximum Gasteiger partial charge on any atom is 0.410 e. The van der Waals surface area contributed by atoms with Crippen LogP contribution in [0.1, 0.15) is 60.8 Å². The number of carbonyl (C=O) groups excluding carboxylic acids is 2. The molecule has 1 aliphatic rings. The second kappa shape index (κ2) is 9.56. The molecule has 0 spiro atoms. The molecule has 0 unspecified atom stereocenters. The van der Waals surface area contributed by atoms with Crippen molar-refractivity contribution >= 4 is 23.7 Å². The average Bonchev–Trinajstić information content (AvgIpc) is 3.14. The fourth-order valence-corrected chi connectivity index (χ4v) is 4.36. The standard InChI is InChI=1S/C28H34N4O3/c1-18-9-14-32-23(17-20-10-12-31(13-11-20)27(34)35-28(3,4)5)25(30-24(32)15-18)22-8-7-21(16-19(22)2)26(33)29-6/h7-9,14-17H,10-13H2,1-6H3,(H,29,33). The summed E-state index contributed by atoms with van der Waals surface area (Å²) in [6.45, 7) is 11.0. The molecule has 7 heteroatoms. The van der Waals surface area contributed by atoms with Crippen molar-refractivity contribution in [3.05, 3.63) is 64.5 Å². The zero-order valence-electron chi connectivity index (χ0n) is 21.4. The summed E-state index contributed by atoms with van der Waals surface area (Å²) in [5, 5.41) is 2.68. The maximum absolute atomic E-state index is 12.5. The molecule has 0 saturated carbocycles. The number of aryl methyl sites for hydroxylation is 2. The number of hydrogen-bond donors (Lipinski definition) is 1. The third-order valence-electron chi connectivity index (χ3n) is 6.19. The van der Waals surface area contributed by atoms with Crippen molar-refractivity contribution in [1.29, 1.82) is 0 Å². The summed E-state index contributed by atoms with van der Waals surface area (Å²) in [5.41, 5.74) is 7.31. The van der Waals surface area contributed by atoms with E-state index in [4.69, 9.17) is 9.72 Å². The summed E-state index contributed by atoms with van der Waals surface area (Å²) < 4.78 is 7.65. The number of imidazole rings is 1. The van der Waals surface area contributed by atoms with Crippen LogP contribution in [-0.2, 0) is 4.74 Å². The molecule has 1 fully saturated rings. The smallest absolute Gasteiger partial charge is 0.410 e. The third-order valence-corrected chi connectivity index (χ3v) is 6.19. The van der Waals surface area contributed by atoms with Gasteiger partial charge >= 0.3 is 6.09 Å². The molecule has 3 heterocycles. The van der Waals surface area contributed by atoms with Gasteiger partial charge in [0.25, 0.3) is 5.91 Å². The van der Waals surface area contributed by atoms with E-state index in [2.05, 4.69) is 41.0 Å². The van der Waals surface area contributed by atoms with Gasteiger partial charge in [-0.15, -0.1) is 0 Å². The Morgan fingerprint density at radius 2 is 1.80 bits per heavy atom. The van der Waals surface area contributed by atoms with Gasteiger partial charge in [0.1, 0.15) is 11.2 Å². The number of rotatable bonds is 3. The number of hydrogen-bond acceptors (Lipinski definition) is 4. The number of carbonyl (C=O) groups is 2. The molecule has 4 rings (SSSR count). The Bertz CT molecular complexity index is 1300. The molecule has 1 saturated heterocycles. The van der Waals surface area contributed by atoms with Crippen LogP contribution in [0.5, 0.6) is 0 Å². The number of aromatic nitrogens is 2. The zero-order chi connectivity index (χ0) is 25.3. The van der Waals surface area contributed by atoms with Gasteiger partial charge in [0.15, 0.2) is 0 Å². The summed E-state index contributed by atoms with van der Waals surface area (Å²) in [6, 6.07) is 9.87. The predicted molar refractivity (Wildman–Crippen MR) is 139 cm³/mol. The van der Waals surface area contributed by atoms with Gasteiger partial charge in [-0.1, -0.05) is 11.6 Å². The summed E-state index contributed by atoms with van der Waals surface area (Å²) in [7, 11) is 1.63. The van der Waals surface area contributed by atoms with E-state index in [0.717, 1.165) is 46.6 Å². The highest BCUT2D eigenvalue weighted by Crippen LogP contribution is 2.31. The monoisotopic (exact) mass is 474 g/mol. The fraction of sp³-hybridized carbons (Fsp3) is 0.393. The van der Waals surface area contributed by atoms with Crippen molar-refractivity contribution < 1.29 is 14.3 Å². The highest BCUT2D eigenvalue weighted by Gasteiger charge is 2.25. The minimum Gasteiger partial charge on any atom is -0.444 e. The molecule has 1 N–H and O–H groups in total. The normalized spacial score (nSPS) is 14.2. The highest BCUT2D eigenvalue weighted by atomic mass is 16.6. The Kier molecular flexibility index (Phi) is 6.70. The van der Waals surface area contributed by atoms with Crippen molar-refractivity contribution in [1.82, 2.24) is 19.6 Å². The Morgan fingerprint density at radius 3 is 2.43 bits per heavy atom. The summed E-state index contributed by atoms with van der Waals surface area (Å²) in [6.07, 6.45) is 5.58. The van der Waals surface area contributed by atoms with Crippen LogP contribution in [0.2, 0.25) is 0 Å². The number of pyridine rings is 1. The lowest BCUT2D eigenvalue weighted by Gasteiger charge is -2.31. The van der Waals surface area contributed by atoms with Crippen molar-refractivity contribution in [2.24, 2.45) is 0 Å².